The van der Waals surface area contributed by atoms with Crippen molar-refractivity contribution in [1.82, 2.24) is 0 Å². The van der Waals surface area contributed by atoms with Gasteiger partial charge in [-0.1, -0.05) is 76.8 Å². The van der Waals surface area contributed by atoms with Crippen LogP contribution in [0.2, 0.25) is 0 Å². The Hall–Kier alpha value is -0.820. The van der Waals surface area contributed by atoms with Crippen LogP contribution in [0.4, 0.5) is 0 Å². The van der Waals surface area contributed by atoms with E-state index in [1.807, 2.05) is 0 Å². The van der Waals surface area contributed by atoms with Gasteiger partial charge in [-0.05, 0) is 104 Å². The molecule has 174 valence electrons. The predicted molar refractivity (Wildman–Crippen MR) is 133 cm³/mol. The summed E-state index contributed by atoms with van der Waals surface area (Å²) >= 11 is 0. The summed E-state index contributed by atoms with van der Waals surface area (Å²) < 4.78 is 0. The quantitative estimate of drug-likeness (QED) is 0.439. The first-order valence-electron chi connectivity index (χ1n) is 13.4. The Kier molecular flexibility index (Phi) is 6.93. The molecule has 0 amide bonds. The van der Waals surface area contributed by atoms with E-state index in [4.69, 9.17) is 0 Å². The van der Waals surface area contributed by atoms with Crippen molar-refractivity contribution in [2.24, 2.45) is 34.5 Å². The van der Waals surface area contributed by atoms with E-state index in [2.05, 4.69) is 52.8 Å². The molecule has 0 heterocycles. The Labute approximate surface area is 192 Å². The topological polar surface area (TPSA) is 20.2 Å². The first kappa shape index (κ1) is 23.3. The molecule has 0 radical (unpaired) electrons. The maximum atomic E-state index is 10.6. The SMILES string of the molecule is CC(CCCC(C)(C)C)C1CCC2C(=CC=C3CC(O)C4=CCCC4C3)CCCC21C. The molecule has 0 aromatic rings. The third-order valence-electron chi connectivity index (χ3n) is 9.56. The van der Waals surface area contributed by atoms with E-state index in [0.717, 1.165) is 24.2 Å². The molecule has 6 atom stereocenters. The average Bonchev–Trinajstić information content (AvgIpc) is 3.29. The largest absolute Gasteiger partial charge is 0.388 e. The Morgan fingerprint density at radius 2 is 1.97 bits per heavy atom. The Morgan fingerprint density at radius 3 is 2.74 bits per heavy atom. The van der Waals surface area contributed by atoms with Gasteiger partial charge in [-0.3, -0.25) is 0 Å². The third-order valence-corrected chi connectivity index (χ3v) is 9.56. The van der Waals surface area contributed by atoms with Crippen LogP contribution < -0.4 is 0 Å². The van der Waals surface area contributed by atoms with Gasteiger partial charge in [0.2, 0.25) is 0 Å². The molecule has 31 heavy (non-hydrogen) atoms. The summed E-state index contributed by atoms with van der Waals surface area (Å²) in [5, 5.41) is 10.6. The summed E-state index contributed by atoms with van der Waals surface area (Å²) in [6.07, 6.45) is 22.6. The van der Waals surface area contributed by atoms with E-state index in [0.29, 0.717) is 16.7 Å². The van der Waals surface area contributed by atoms with Crippen molar-refractivity contribution in [2.75, 3.05) is 0 Å². The van der Waals surface area contributed by atoms with E-state index >= 15 is 0 Å². The first-order valence-corrected chi connectivity index (χ1v) is 13.4. The van der Waals surface area contributed by atoms with Crippen LogP contribution >= 0.6 is 0 Å². The fourth-order valence-electron chi connectivity index (χ4n) is 7.91. The second-order valence-electron chi connectivity index (χ2n) is 13.0. The van der Waals surface area contributed by atoms with Crippen LogP contribution in [0.25, 0.3) is 0 Å². The number of hydrogen-bond donors (Lipinski definition) is 1. The van der Waals surface area contributed by atoms with Gasteiger partial charge < -0.3 is 5.11 Å². The van der Waals surface area contributed by atoms with Crippen molar-refractivity contribution in [2.45, 2.75) is 118 Å². The van der Waals surface area contributed by atoms with Crippen LogP contribution in [0.15, 0.2) is 34.9 Å². The zero-order valence-electron chi connectivity index (χ0n) is 21.1. The lowest BCUT2D eigenvalue weighted by Crippen LogP contribution is -2.36. The van der Waals surface area contributed by atoms with Gasteiger partial charge in [-0.15, -0.1) is 0 Å². The number of fused-ring (bicyclic) bond motifs is 2. The van der Waals surface area contributed by atoms with Crippen LogP contribution in [0.5, 0.6) is 0 Å². The molecule has 0 aromatic heterocycles. The lowest BCUT2D eigenvalue weighted by molar-refractivity contribution is 0.0920. The minimum Gasteiger partial charge on any atom is -0.388 e. The molecule has 6 unspecified atom stereocenters. The highest BCUT2D eigenvalue weighted by molar-refractivity contribution is 5.31. The van der Waals surface area contributed by atoms with Crippen molar-refractivity contribution in [3.63, 3.8) is 0 Å². The molecule has 3 saturated carbocycles. The highest BCUT2D eigenvalue weighted by atomic mass is 16.3. The summed E-state index contributed by atoms with van der Waals surface area (Å²) in [5.74, 6) is 3.17. The van der Waals surface area contributed by atoms with Crippen LogP contribution in [0.3, 0.4) is 0 Å². The minimum atomic E-state index is -0.215. The molecule has 1 heteroatoms. The maximum absolute atomic E-state index is 10.6. The molecular weight excluding hydrogens is 376 g/mol. The Balaban J connectivity index is 1.42. The van der Waals surface area contributed by atoms with E-state index in [1.54, 1.807) is 5.57 Å². The van der Waals surface area contributed by atoms with E-state index in [1.165, 1.54) is 81.8 Å². The Bertz CT molecular complexity index is 732. The number of allylic oxidation sites excluding steroid dienone is 4. The monoisotopic (exact) mass is 424 g/mol. The van der Waals surface area contributed by atoms with Gasteiger partial charge in [0.25, 0.3) is 0 Å². The molecule has 4 aliphatic carbocycles. The van der Waals surface area contributed by atoms with Gasteiger partial charge in [0.1, 0.15) is 0 Å². The van der Waals surface area contributed by atoms with Gasteiger partial charge in [0.05, 0.1) is 6.10 Å². The minimum absolute atomic E-state index is 0.215. The average molecular weight is 425 g/mol. The third kappa shape index (κ3) is 5.07. The van der Waals surface area contributed by atoms with Gasteiger partial charge in [-0.25, -0.2) is 0 Å². The van der Waals surface area contributed by atoms with Crippen LogP contribution in [0.1, 0.15) is 112 Å². The lowest BCUT2D eigenvalue weighted by Gasteiger charge is -2.44. The summed E-state index contributed by atoms with van der Waals surface area (Å²) in [7, 11) is 0. The van der Waals surface area contributed by atoms with Crippen molar-refractivity contribution < 1.29 is 5.11 Å². The molecule has 1 N–H and O–H groups in total. The normalized spacial score (nSPS) is 39.5. The van der Waals surface area contributed by atoms with Crippen LogP contribution in [-0.4, -0.2) is 11.2 Å². The maximum Gasteiger partial charge on any atom is 0.0790 e. The molecular formula is C30H48O. The van der Waals surface area contributed by atoms with Crippen molar-refractivity contribution >= 4 is 0 Å². The second kappa shape index (κ2) is 9.20. The molecule has 1 nitrogen and oxygen atoms in total. The molecule has 0 saturated heterocycles. The highest BCUT2D eigenvalue weighted by Gasteiger charge is 2.50. The molecule has 3 fully saturated rings. The van der Waals surface area contributed by atoms with Crippen molar-refractivity contribution in [3.05, 3.63) is 34.9 Å². The fourth-order valence-corrected chi connectivity index (χ4v) is 7.91. The molecule has 4 aliphatic rings. The second-order valence-corrected chi connectivity index (χ2v) is 13.0. The molecule has 0 bridgehead atoms. The zero-order valence-corrected chi connectivity index (χ0v) is 21.1. The van der Waals surface area contributed by atoms with Gasteiger partial charge in [-0.2, -0.15) is 0 Å². The fraction of sp³-hybridized carbons (Fsp3) is 0.800. The summed E-state index contributed by atoms with van der Waals surface area (Å²) in [6.45, 7) is 12.3. The van der Waals surface area contributed by atoms with Crippen LogP contribution in [0, 0.1) is 34.5 Å². The van der Waals surface area contributed by atoms with Gasteiger partial charge >= 0.3 is 0 Å². The summed E-state index contributed by atoms with van der Waals surface area (Å²) in [4.78, 5) is 0. The molecule has 0 aromatic carbocycles. The molecule has 0 spiro atoms. The Morgan fingerprint density at radius 1 is 1.16 bits per heavy atom. The number of aliphatic hydroxyl groups excluding tert-OH is 1. The molecule has 4 rings (SSSR count). The van der Waals surface area contributed by atoms with Gasteiger partial charge in [0.15, 0.2) is 0 Å². The smallest absolute Gasteiger partial charge is 0.0790 e. The van der Waals surface area contributed by atoms with Crippen molar-refractivity contribution in [3.8, 4) is 0 Å². The molecule has 0 aliphatic heterocycles. The first-order chi connectivity index (χ1) is 14.7. The standard InChI is InChI=1S/C30H48O/c1-21(9-7-17-29(2,3)4)26-15-16-27-23(11-8-18-30(26,27)5)14-13-22-19-24-10-6-12-25(24)28(31)20-22/h12-14,21,24,26-28,31H,6-11,15-20H2,1-5H3. The van der Waals surface area contributed by atoms with E-state index in [9.17, 15) is 5.11 Å². The zero-order chi connectivity index (χ0) is 22.2. The number of aliphatic hydroxyl groups is 1. The highest BCUT2D eigenvalue weighted by Crippen LogP contribution is 2.60. The van der Waals surface area contributed by atoms with E-state index < -0.39 is 0 Å². The number of hydrogen-bond acceptors (Lipinski definition) is 1. The number of rotatable bonds is 5. The predicted octanol–water partition coefficient (Wildman–Crippen LogP) is 8.40. The summed E-state index contributed by atoms with van der Waals surface area (Å²) in [5.41, 5.74) is 5.54. The van der Waals surface area contributed by atoms with Gasteiger partial charge in [0, 0.05) is 0 Å². The lowest BCUT2D eigenvalue weighted by atomic mass is 9.60. The van der Waals surface area contributed by atoms with E-state index in [-0.39, 0.29) is 6.10 Å². The van der Waals surface area contributed by atoms with Crippen molar-refractivity contribution in [1.29, 1.82) is 0 Å². The summed E-state index contributed by atoms with van der Waals surface area (Å²) in [6, 6.07) is 0. The van der Waals surface area contributed by atoms with Crippen LogP contribution in [-0.2, 0) is 0 Å².